The summed E-state index contributed by atoms with van der Waals surface area (Å²) in [5.41, 5.74) is 1.00. The van der Waals surface area contributed by atoms with Crippen molar-refractivity contribution >= 4 is 29.5 Å². The minimum absolute atomic E-state index is 0.0431. The molecule has 0 unspecified atom stereocenters. The van der Waals surface area contributed by atoms with Crippen molar-refractivity contribution in [1.29, 1.82) is 0 Å². The number of methoxy groups -OCH3 is 1. The first-order valence-electron chi connectivity index (χ1n) is 10.4. The number of carbonyl (C=O) groups excluding carboxylic acids is 3. The van der Waals surface area contributed by atoms with Crippen LogP contribution in [-0.2, 0) is 15.3 Å². The van der Waals surface area contributed by atoms with Crippen molar-refractivity contribution in [1.82, 2.24) is 10.2 Å². The minimum atomic E-state index is -0.446. The average molecular weight is 445 g/mol. The van der Waals surface area contributed by atoms with Crippen LogP contribution >= 0.6 is 11.8 Å². The number of ether oxygens (including phenoxy) is 1. The fraction of sp³-hybridized carbons (Fsp3) is 0.435. The summed E-state index contributed by atoms with van der Waals surface area (Å²) in [6.07, 6.45) is 2.78. The normalized spacial score (nSPS) is 14.5. The maximum atomic E-state index is 13.2. The lowest BCUT2D eigenvalue weighted by atomic mass is 9.95. The van der Waals surface area contributed by atoms with Crippen LogP contribution in [0.15, 0.2) is 45.9 Å². The second-order valence-corrected chi connectivity index (χ2v) is 8.78. The number of likely N-dealkylation sites (tertiary alicyclic amines) is 1. The van der Waals surface area contributed by atoms with Crippen molar-refractivity contribution in [2.45, 2.75) is 43.4 Å². The predicted octanol–water partition coefficient (Wildman–Crippen LogP) is 3.74. The van der Waals surface area contributed by atoms with E-state index >= 15 is 0 Å². The number of nitrogens with zero attached hydrogens (tertiary/aromatic N) is 1. The lowest BCUT2D eigenvalue weighted by Gasteiger charge is -2.32. The Labute approximate surface area is 186 Å². The van der Waals surface area contributed by atoms with Crippen molar-refractivity contribution < 1.29 is 23.5 Å². The van der Waals surface area contributed by atoms with E-state index < -0.39 is 5.97 Å². The van der Waals surface area contributed by atoms with Crippen molar-refractivity contribution in [2.24, 2.45) is 5.92 Å². The summed E-state index contributed by atoms with van der Waals surface area (Å²) in [5, 5.41) is 2.96. The summed E-state index contributed by atoms with van der Waals surface area (Å²) in [5.74, 6) is 0.441. The van der Waals surface area contributed by atoms with Gasteiger partial charge in [0.05, 0.1) is 24.7 Å². The number of hydrogen-bond acceptors (Lipinski definition) is 6. The molecule has 0 aliphatic carbocycles. The highest BCUT2D eigenvalue weighted by atomic mass is 32.2. The van der Waals surface area contributed by atoms with E-state index in [2.05, 4.69) is 5.32 Å². The molecule has 0 spiro atoms. The van der Waals surface area contributed by atoms with E-state index in [-0.39, 0.29) is 23.8 Å². The monoisotopic (exact) mass is 444 g/mol. The molecule has 1 N–H and O–H groups in total. The van der Waals surface area contributed by atoms with Crippen LogP contribution in [-0.4, -0.2) is 48.9 Å². The van der Waals surface area contributed by atoms with Crippen LogP contribution in [0.5, 0.6) is 0 Å². The van der Waals surface area contributed by atoms with Crippen LogP contribution in [0.4, 0.5) is 0 Å². The highest BCUT2D eigenvalue weighted by Gasteiger charge is 2.29. The molecule has 0 saturated carbocycles. The number of furan rings is 1. The summed E-state index contributed by atoms with van der Waals surface area (Å²) in [6.45, 7) is 5.00. The fourth-order valence-corrected chi connectivity index (χ4v) is 4.57. The number of carbonyl (C=O) groups is 3. The van der Waals surface area contributed by atoms with Crippen LogP contribution in [0, 0.1) is 5.92 Å². The Hall–Kier alpha value is -2.74. The number of thioether (sulfide) groups is 1. The first-order chi connectivity index (χ1) is 14.9. The van der Waals surface area contributed by atoms with Gasteiger partial charge in [-0.3, -0.25) is 9.59 Å². The molecule has 8 heteroatoms. The third-order valence-corrected chi connectivity index (χ3v) is 6.28. The van der Waals surface area contributed by atoms with Crippen LogP contribution in [0.3, 0.4) is 0 Å². The highest BCUT2D eigenvalue weighted by Crippen LogP contribution is 2.30. The number of nitrogens with one attached hydrogen (secondary N) is 1. The number of rotatable bonds is 7. The molecule has 0 atom stereocenters. The molecular formula is C23H28N2O5S. The van der Waals surface area contributed by atoms with Crippen LogP contribution < -0.4 is 5.32 Å². The minimum Gasteiger partial charge on any atom is -0.468 e. The molecule has 2 aromatic rings. The van der Waals surface area contributed by atoms with E-state index in [1.54, 1.807) is 6.07 Å². The van der Waals surface area contributed by atoms with E-state index in [1.807, 2.05) is 43.0 Å². The zero-order valence-electron chi connectivity index (χ0n) is 18.1. The number of hydrogen-bond donors (Lipinski definition) is 1. The van der Waals surface area contributed by atoms with Gasteiger partial charge in [-0.2, -0.15) is 0 Å². The van der Waals surface area contributed by atoms with Crippen LogP contribution in [0.1, 0.15) is 53.2 Å². The molecule has 3 rings (SSSR count). The molecular weight excluding hydrogens is 416 g/mol. The lowest BCUT2D eigenvalue weighted by Crippen LogP contribution is -2.44. The Morgan fingerprint density at radius 3 is 2.55 bits per heavy atom. The Morgan fingerprint density at radius 1 is 1.16 bits per heavy atom. The summed E-state index contributed by atoms with van der Waals surface area (Å²) in [7, 11) is 1.33. The molecule has 1 aliphatic heterocycles. The summed E-state index contributed by atoms with van der Waals surface area (Å²) in [4.78, 5) is 39.9. The summed E-state index contributed by atoms with van der Waals surface area (Å²) in [6, 6.07) is 9.12. The maximum absolute atomic E-state index is 13.2. The van der Waals surface area contributed by atoms with Crippen molar-refractivity contribution in [3.63, 3.8) is 0 Å². The van der Waals surface area contributed by atoms with Crippen molar-refractivity contribution in [3.8, 4) is 0 Å². The van der Waals surface area contributed by atoms with E-state index in [4.69, 9.17) is 9.15 Å². The molecule has 2 amide bonds. The second-order valence-electron chi connectivity index (χ2n) is 7.76. The summed E-state index contributed by atoms with van der Waals surface area (Å²) >= 11 is 1.44. The van der Waals surface area contributed by atoms with E-state index in [9.17, 15) is 14.4 Å². The molecule has 166 valence electrons. The SMILES string of the molecule is COC(=O)c1ccoc1CSc1ccccc1C(=O)N1CCC(C(=O)NC(C)C)CC1. The lowest BCUT2D eigenvalue weighted by molar-refractivity contribution is -0.126. The van der Waals surface area contributed by atoms with Gasteiger partial charge in [0.2, 0.25) is 5.91 Å². The Kier molecular flexibility index (Phi) is 7.79. The summed E-state index contributed by atoms with van der Waals surface area (Å²) < 4.78 is 10.2. The van der Waals surface area contributed by atoms with Gasteiger partial charge in [0.15, 0.2) is 0 Å². The number of piperidine rings is 1. The topological polar surface area (TPSA) is 88.8 Å². The van der Waals surface area contributed by atoms with E-state index in [1.165, 1.54) is 25.1 Å². The smallest absolute Gasteiger partial charge is 0.341 e. The number of amides is 2. The molecule has 1 fully saturated rings. The van der Waals surface area contributed by atoms with Crippen molar-refractivity contribution in [2.75, 3.05) is 20.2 Å². The third kappa shape index (κ3) is 5.70. The highest BCUT2D eigenvalue weighted by molar-refractivity contribution is 7.98. The van der Waals surface area contributed by atoms with Gasteiger partial charge in [-0.15, -0.1) is 11.8 Å². The average Bonchev–Trinajstić information content (AvgIpc) is 3.25. The van der Waals surface area contributed by atoms with Crippen molar-refractivity contribution in [3.05, 3.63) is 53.5 Å². The molecule has 1 aromatic heterocycles. The Balaban J connectivity index is 1.64. The first-order valence-corrected chi connectivity index (χ1v) is 11.4. The van der Waals surface area contributed by atoms with Gasteiger partial charge in [-0.05, 0) is 44.9 Å². The van der Waals surface area contributed by atoms with E-state index in [0.717, 1.165) is 4.90 Å². The van der Waals surface area contributed by atoms with Gasteiger partial charge in [0, 0.05) is 29.9 Å². The molecule has 0 bridgehead atoms. The largest absolute Gasteiger partial charge is 0.468 e. The fourth-order valence-electron chi connectivity index (χ4n) is 3.57. The molecule has 1 aliphatic rings. The van der Waals surface area contributed by atoms with Gasteiger partial charge in [-0.1, -0.05) is 12.1 Å². The Morgan fingerprint density at radius 2 is 1.87 bits per heavy atom. The van der Waals surface area contributed by atoms with Crippen LogP contribution in [0.2, 0.25) is 0 Å². The number of esters is 1. The van der Waals surface area contributed by atoms with Gasteiger partial charge >= 0.3 is 5.97 Å². The molecule has 1 saturated heterocycles. The quantitative estimate of drug-likeness (QED) is 0.517. The van der Waals surface area contributed by atoms with Gasteiger partial charge in [0.1, 0.15) is 11.3 Å². The second kappa shape index (κ2) is 10.5. The zero-order chi connectivity index (χ0) is 22.4. The van der Waals surface area contributed by atoms with E-state index in [0.29, 0.717) is 48.6 Å². The maximum Gasteiger partial charge on any atom is 0.341 e. The molecule has 2 heterocycles. The molecule has 7 nitrogen and oxygen atoms in total. The molecule has 1 aromatic carbocycles. The van der Waals surface area contributed by atoms with Gasteiger partial charge in [-0.25, -0.2) is 4.79 Å². The van der Waals surface area contributed by atoms with Gasteiger partial charge < -0.3 is 19.4 Å². The standard InChI is InChI=1S/C23H28N2O5S/c1-15(2)24-21(26)16-8-11-25(12-9-16)22(27)18-6-4-5-7-20(18)31-14-19-17(10-13-30-19)23(28)29-3/h4-7,10,13,15-16H,8-9,11-12,14H2,1-3H3,(H,24,26). The Bertz CT molecular complexity index is 932. The van der Waals surface area contributed by atoms with Crippen LogP contribution in [0.25, 0.3) is 0 Å². The molecule has 0 radical (unpaired) electrons. The first kappa shape index (κ1) is 22.9. The van der Waals surface area contributed by atoms with Gasteiger partial charge in [0.25, 0.3) is 5.91 Å². The molecule has 31 heavy (non-hydrogen) atoms. The predicted molar refractivity (Wildman–Crippen MR) is 118 cm³/mol. The third-order valence-electron chi connectivity index (χ3n) is 5.21. The zero-order valence-corrected chi connectivity index (χ0v) is 18.9. The number of benzene rings is 1.